The van der Waals surface area contributed by atoms with Crippen molar-refractivity contribution in [1.82, 2.24) is 0 Å². The number of hydrogen-bond acceptors (Lipinski definition) is 3. The van der Waals surface area contributed by atoms with Gasteiger partial charge in [-0.25, -0.2) is 0 Å². The van der Waals surface area contributed by atoms with Gasteiger partial charge in [-0.2, -0.15) is 0 Å². The number of hydrogen-bond donors (Lipinski definition) is 0. The van der Waals surface area contributed by atoms with Crippen molar-refractivity contribution in [2.75, 3.05) is 20.8 Å². The Morgan fingerprint density at radius 2 is 1.82 bits per heavy atom. The van der Waals surface area contributed by atoms with E-state index in [0.29, 0.717) is 6.61 Å². The van der Waals surface area contributed by atoms with Crippen LogP contribution in [0, 0.1) is 0 Å². The largest absolute Gasteiger partial charge is 0.497 e. The first-order valence-electron chi connectivity index (χ1n) is 3.54. The SMILES string of the molecule is CC=CCO[Si](C)(OC)OC. The fraction of sp³-hybridized carbons (Fsp3) is 0.714. The van der Waals surface area contributed by atoms with E-state index in [1.165, 1.54) is 0 Å². The van der Waals surface area contributed by atoms with Crippen LogP contribution in [0.4, 0.5) is 0 Å². The first-order chi connectivity index (χ1) is 5.18. The van der Waals surface area contributed by atoms with Crippen LogP contribution in [-0.2, 0) is 13.3 Å². The van der Waals surface area contributed by atoms with Gasteiger partial charge < -0.3 is 13.3 Å². The number of allylic oxidation sites excluding steroid dienone is 1. The van der Waals surface area contributed by atoms with Gasteiger partial charge in [0.1, 0.15) is 0 Å². The van der Waals surface area contributed by atoms with Gasteiger partial charge in [0.15, 0.2) is 0 Å². The third-order valence-corrected chi connectivity index (χ3v) is 3.59. The van der Waals surface area contributed by atoms with Gasteiger partial charge in [0.05, 0.1) is 6.61 Å². The van der Waals surface area contributed by atoms with Crippen LogP contribution in [0.15, 0.2) is 12.2 Å². The van der Waals surface area contributed by atoms with Crippen molar-refractivity contribution in [2.24, 2.45) is 0 Å². The molecule has 11 heavy (non-hydrogen) atoms. The fourth-order valence-corrected chi connectivity index (χ4v) is 1.30. The molecule has 3 nitrogen and oxygen atoms in total. The summed E-state index contributed by atoms with van der Waals surface area (Å²) in [6.07, 6.45) is 3.85. The molecule has 0 aromatic rings. The second-order valence-electron chi connectivity index (χ2n) is 2.15. The molecule has 0 amide bonds. The minimum atomic E-state index is -2.29. The first kappa shape index (κ1) is 10.8. The van der Waals surface area contributed by atoms with Gasteiger partial charge in [-0.3, -0.25) is 0 Å². The topological polar surface area (TPSA) is 27.7 Å². The van der Waals surface area contributed by atoms with Crippen LogP contribution < -0.4 is 0 Å². The van der Waals surface area contributed by atoms with Crippen molar-refractivity contribution in [3.8, 4) is 0 Å². The summed E-state index contributed by atoms with van der Waals surface area (Å²) in [6, 6.07) is 0. The maximum absolute atomic E-state index is 5.38. The molecule has 0 rings (SSSR count). The highest BCUT2D eigenvalue weighted by molar-refractivity contribution is 6.59. The van der Waals surface area contributed by atoms with Gasteiger partial charge in [0.25, 0.3) is 0 Å². The summed E-state index contributed by atoms with van der Waals surface area (Å²) in [5, 5.41) is 0. The zero-order valence-electron chi connectivity index (χ0n) is 7.59. The highest BCUT2D eigenvalue weighted by Crippen LogP contribution is 2.05. The van der Waals surface area contributed by atoms with E-state index in [0.717, 1.165) is 0 Å². The summed E-state index contributed by atoms with van der Waals surface area (Å²) in [7, 11) is 0.919. The molecule has 0 aromatic heterocycles. The third-order valence-electron chi connectivity index (χ3n) is 1.42. The van der Waals surface area contributed by atoms with Crippen molar-refractivity contribution >= 4 is 8.80 Å². The number of rotatable bonds is 5. The standard InChI is InChI=1S/C7H16O3Si/c1-5-6-7-10-11(4,8-2)9-3/h5-6H,7H2,1-4H3. The lowest BCUT2D eigenvalue weighted by Gasteiger charge is -2.20. The van der Waals surface area contributed by atoms with Crippen molar-refractivity contribution in [3.63, 3.8) is 0 Å². The summed E-state index contributed by atoms with van der Waals surface area (Å²) in [4.78, 5) is 0. The van der Waals surface area contributed by atoms with E-state index in [2.05, 4.69) is 0 Å². The molecule has 0 aromatic carbocycles. The molecule has 0 N–H and O–H groups in total. The molecule has 66 valence electrons. The Morgan fingerprint density at radius 1 is 1.27 bits per heavy atom. The highest BCUT2D eigenvalue weighted by Gasteiger charge is 2.30. The molecule has 0 heterocycles. The zero-order valence-corrected chi connectivity index (χ0v) is 8.59. The quantitative estimate of drug-likeness (QED) is 0.468. The van der Waals surface area contributed by atoms with Crippen molar-refractivity contribution < 1.29 is 13.3 Å². The van der Waals surface area contributed by atoms with E-state index in [1.807, 2.05) is 25.6 Å². The Hall–Kier alpha value is -0.163. The second kappa shape index (κ2) is 5.48. The summed E-state index contributed by atoms with van der Waals surface area (Å²) >= 11 is 0. The van der Waals surface area contributed by atoms with Gasteiger partial charge in [-0.15, -0.1) is 0 Å². The van der Waals surface area contributed by atoms with E-state index in [9.17, 15) is 0 Å². The molecule has 0 saturated heterocycles. The van der Waals surface area contributed by atoms with Crippen molar-refractivity contribution in [3.05, 3.63) is 12.2 Å². The van der Waals surface area contributed by atoms with E-state index >= 15 is 0 Å². The molecule has 4 heteroatoms. The normalized spacial score (nSPS) is 12.7. The summed E-state index contributed by atoms with van der Waals surface area (Å²) in [5.41, 5.74) is 0. The molecule has 0 aliphatic rings. The molecule has 0 spiro atoms. The molecule has 0 radical (unpaired) electrons. The molecule has 0 unspecified atom stereocenters. The van der Waals surface area contributed by atoms with E-state index in [4.69, 9.17) is 13.3 Å². The van der Waals surface area contributed by atoms with Crippen LogP contribution in [-0.4, -0.2) is 29.6 Å². The molecular weight excluding hydrogens is 160 g/mol. The maximum Gasteiger partial charge on any atom is 0.497 e. The van der Waals surface area contributed by atoms with Crippen LogP contribution in [0.2, 0.25) is 6.55 Å². The summed E-state index contributed by atoms with van der Waals surface area (Å²) < 4.78 is 15.6. The lowest BCUT2D eigenvalue weighted by atomic mass is 10.6. The molecule has 0 aliphatic heterocycles. The summed E-state index contributed by atoms with van der Waals surface area (Å²) in [6.45, 7) is 4.36. The van der Waals surface area contributed by atoms with Crippen molar-refractivity contribution in [1.29, 1.82) is 0 Å². The Bertz CT molecular complexity index is 121. The van der Waals surface area contributed by atoms with Crippen LogP contribution in [0.25, 0.3) is 0 Å². The smallest absolute Gasteiger partial charge is 0.377 e. The van der Waals surface area contributed by atoms with Gasteiger partial charge >= 0.3 is 8.80 Å². The van der Waals surface area contributed by atoms with E-state index in [-0.39, 0.29) is 0 Å². The molecule has 0 aliphatic carbocycles. The van der Waals surface area contributed by atoms with Gasteiger partial charge in [-0.1, -0.05) is 12.2 Å². The predicted molar refractivity (Wildman–Crippen MR) is 46.4 cm³/mol. The fourth-order valence-electron chi connectivity index (χ4n) is 0.497. The van der Waals surface area contributed by atoms with Crippen LogP contribution >= 0.6 is 0 Å². The Kier molecular flexibility index (Phi) is 5.40. The van der Waals surface area contributed by atoms with Crippen LogP contribution in [0.3, 0.4) is 0 Å². The van der Waals surface area contributed by atoms with Crippen LogP contribution in [0.1, 0.15) is 6.92 Å². The lowest BCUT2D eigenvalue weighted by molar-refractivity contribution is 0.118. The van der Waals surface area contributed by atoms with E-state index in [1.54, 1.807) is 14.2 Å². The maximum atomic E-state index is 5.38. The van der Waals surface area contributed by atoms with Crippen molar-refractivity contribution in [2.45, 2.75) is 13.5 Å². The van der Waals surface area contributed by atoms with Gasteiger partial charge in [0.2, 0.25) is 0 Å². The van der Waals surface area contributed by atoms with Crippen LogP contribution in [0.5, 0.6) is 0 Å². The summed E-state index contributed by atoms with van der Waals surface area (Å²) in [5.74, 6) is 0. The second-order valence-corrected chi connectivity index (χ2v) is 4.98. The minimum absolute atomic E-state index is 0.556. The molecular formula is C7H16O3Si. The molecule has 0 bridgehead atoms. The minimum Gasteiger partial charge on any atom is -0.377 e. The van der Waals surface area contributed by atoms with Gasteiger partial charge in [-0.05, 0) is 6.92 Å². The molecule has 0 atom stereocenters. The Balaban J connectivity index is 3.68. The highest BCUT2D eigenvalue weighted by atomic mass is 28.4. The monoisotopic (exact) mass is 176 g/mol. The average molecular weight is 176 g/mol. The molecule has 0 saturated carbocycles. The lowest BCUT2D eigenvalue weighted by Crippen LogP contribution is -2.40. The van der Waals surface area contributed by atoms with E-state index < -0.39 is 8.80 Å². The Labute approximate surface area is 69.3 Å². The third kappa shape index (κ3) is 4.31. The predicted octanol–water partition coefficient (Wildman–Crippen LogP) is 1.44. The van der Waals surface area contributed by atoms with Gasteiger partial charge in [0, 0.05) is 20.8 Å². The average Bonchev–Trinajstić information content (AvgIpc) is 2.05. The first-order valence-corrected chi connectivity index (χ1v) is 5.76. The Morgan fingerprint density at radius 3 is 2.18 bits per heavy atom. The zero-order chi connectivity index (χ0) is 8.74. The molecule has 0 fully saturated rings.